The van der Waals surface area contributed by atoms with Gasteiger partial charge in [-0.15, -0.1) is 24.5 Å². The van der Waals surface area contributed by atoms with Gasteiger partial charge >= 0.3 is 59.1 Å². The van der Waals surface area contributed by atoms with Crippen LogP contribution in [0, 0.1) is 0 Å². The van der Waals surface area contributed by atoms with Crippen molar-refractivity contribution in [1.82, 2.24) is 10.6 Å². The van der Waals surface area contributed by atoms with Gasteiger partial charge in [0.05, 0.1) is 0 Å². The van der Waals surface area contributed by atoms with Gasteiger partial charge in [-0.25, -0.2) is 0 Å². The first-order valence-corrected chi connectivity index (χ1v) is 6.14. The maximum atomic E-state index is 8.44. The molecule has 7 nitrogen and oxygen atoms in total. The van der Waals surface area contributed by atoms with E-state index in [1.165, 1.54) is 0 Å². The zero-order valence-electron chi connectivity index (χ0n) is 11.6. The molecule has 0 atom stereocenters. The second-order valence-electron chi connectivity index (χ2n) is 2.27. The summed E-state index contributed by atoms with van der Waals surface area (Å²) in [7, 11) is 0. The van der Waals surface area contributed by atoms with Crippen LogP contribution >= 0.6 is 24.4 Å². The Balaban J connectivity index is -0.0000000555. The number of thiocarbonyl (C=S) groups is 2. The number of nitrogens with one attached hydrogen (secondary N) is 2. The average molecular weight is 358 g/mol. The fourth-order valence-electron chi connectivity index (χ4n) is 0.346. The van der Waals surface area contributed by atoms with Gasteiger partial charge < -0.3 is 31.2 Å². The third-order valence-corrected chi connectivity index (χ3v) is 1.13. The smallest absolute Gasteiger partial charge is 0.784 e. The van der Waals surface area contributed by atoms with E-state index in [0.29, 0.717) is 23.3 Å². The molecule has 0 saturated carbocycles. The van der Waals surface area contributed by atoms with Gasteiger partial charge in [-0.2, -0.15) is 0 Å². The van der Waals surface area contributed by atoms with Crippen LogP contribution in [-0.2, 0) is 11.4 Å². The van der Waals surface area contributed by atoms with E-state index in [-0.39, 0.29) is 59.1 Å². The minimum Gasteiger partial charge on any atom is -0.784 e. The maximum absolute atomic E-state index is 8.44. The second-order valence-corrected chi connectivity index (χ2v) is 3.56. The van der Waals surface area contributed by atoms with Crippen molar-refractivity contribution in [1.29, 1.82) is 0 Å². The summed E-state index contributed by atoms with van der Waals surface area (Å²) in [5.41, 5.74) is 10.1. The molecule has 12 heteroatoms. The molecule has 0 aliphatic rings. The Hall–Kier alpha value is 0.930. The van der Waals surface area contributed by atoms with Crippen molar-refractivity contribution < 1.29 is 72.4 Å². The van der Waals surface area contributed by atoms with E-state index in [4.69, 9.17) is 24.8 Å². The normalized spacial score (nSPS) is 6.95. The largest absolute Gasteiger partial charge is 1.00 e. The third-order valence-electron chi connectivity index (χ3n) is 0.841. The summed E-state index contributed by atoms with van der Waals surface area (Å²) in [4.78, 5) is 0. The number of rotatable bonds is 4. The third kappa shape index (κ3) is 76.3. The van der Waals surface area contributed by atoms with Gasteiger partial charge in [0, 0.05) is 13.1 Å². The molecule has 0 radical (unpaired) electrons. The molecule has 0 bridgehead atoms. The minimum absolute atomic E-state index is 0. The van der Waals surface area contributed by atoms with Crippen LogP contribution in [0.4, 0.5) is 0 Å². The van der Waals surface area contributed by atoms with Gasteiger partial charge in [0.2, 0.25) is 0 Å². The number of hydrogen-bond donors (Lipinski definition) is 4. The Morgan fingerprint density at radius 3 is 1.30 bits per heavy atom. The van der Waals surface area contributed by atoms with Crippen molar-refractivity contribution in [2.45, 2.75) is 0 Å². The van der Waals surface area contributed by atoms with E-state index in [1.807, 2.05) is 0 Å². The summed E-state index contributed by atoms with van der Waals surface area (Å²) in [5.74, 6) is 0. The van der Waals surface area contributed by atoms with Crippen molar-refractivity contribution in [2.75, 3.05) is 13.1 Å². The predicted molar refractivity (Wildman–Crippen MR) is 79.7 cm³/mol. The van der Waals surface area contributed by atoms with E-state index in [1.54, 1.807) is 12.2 Å². The molecule has 0 aromatic heterocycles. The van der Waals surface area contributed by atoms with Gasteiger partial charge in [-0.1, -0.05) is 12.2 Å². The fraction of sp³-hybridized carbons (Fsp3) is 0.250. The first kappa shape index (κ1) is 32.8. The molecule has 0 aromatic carbocycles. The zero-order valence-corrected chi connectivity index (χ0v) is 18.0. The Kier molecular flexibility index (Phi) is 46.1. The molecule has 0 aliphatic carbocycles. The molecule has 0 aromatic rings. The topological polar surface area (TPSA) is 139 Å². The Morgan fingerprint density at radius 1 is 1.05 bits per heavy atom. The van der Waals surface area contributed by atoms with Crippen LogP contribution in [0.2, 0.25) is 0 Å². The van der Waals surface area contributed by atoms with Crippen LogP contribution in [-0.4, -0.2) is 36.6 Å². The number of hydrogen-bond acceptors (Lipinski definition) is 5. The molecule has 0 unspecified atom stereocenters. The molecule has 0 rings (SSSR count). The van der Waals surface area contributed by atoms with Gasteiger partial charge in [-0.3, -0.25) is 4.21 Å². The van der Waals surface area contributed by atoms with Gasteiger partial charge in [0.1, 0.15) is 0 Å². The first-order valence-electron chi connectivity index (χ1n) is 4.33. The second kappa shape index (κ2) is 28.1. The van der Waals surface area contributed by atoms with Crippen LogP contribution < -0.4 is 81.2 Å². The molecule has 0 spiro atoms. The molecule has 0 amide bonds. The van der Waals surface area contributed by atoms with Crippen LogP contribution in [0.5, 0.6) is 0 Å². The molecule has 106 valence electrons. The summed E-state index contributed by atoms with van der Waals surface area (Å²) in [5, 5.41) is 6.01. The number of nitrogens with two attached hydrogens (primary N) is 2. The van der Waals surface area contributed by atoms with E-state index < -0.39 is 11.4 Å². The van der Waals surface area contributed by atoms with E-state index in [2.05, 4.69) is 48.2 Å². The summed E-state index contributed by atoms with van der Waals surface area (Å²) in [6.45, 7) is 8.21. The summed E-state index contributed by atoms with van der Waals surface area (Å²) < 4.78 is 25.3. The monoisotopic (exact) mass is 358 g/mol. The van der Waals surface area contributed by atoms with Crippen molar-refractivity contribution in [2.24, 2.45) is 11.5 Å². The quantitative estimate of drug-likeness (QED) is 0.167. The van der Waals surface area contributed by atoms with Crippen LogP contribution in [0.15, 0.2) is 25.3 Å². The fourth-order valence-corrected chi connectivity index (χ4v) is 0.512. The molecular weight excluding hydrogens is 342 g/mol. The first-order chi connectivity index (χ1) is 8.27. The standard InChI is InChI=1S/2C4H8N2S.2Na.H2O3S/c2*1-2-3-6-4(5)7;;;1-4(2)3/h2*2H,1,3H2,(H3,5,6,7);;;(H2,1,2,3)/q;;2*+1;/p-2. The Morgan fingerprint density at radius 2 is 1.25 bits per heavy atom. The van der Waals surface area contributed by atoms with Crippen molar-refractivity contribution in [3.63, 3.8) is 0 Å². The van der Waals surface area contributed by atoms with E-state index in [0.717, 1.165) is 0 Å². The van der Waals surface area contributed by atoms with Gasteiger partial charge in [0.15, 0.2) is 10.2 Å². The van der Waals surface area contributed by atoms with Crippen LogP contribution in [0.25, 0.3) is 0 Å². The summed E-state index contributed by atoms with van der Waals surface area (Å²) >= 11 is 5.85. The average Bonchev–Trinajstić information content (AvgIpc) is 2.23. The van der Waals surface area contributed by atoms with Gasteiger partial charge in [-0.05, 0) is 24.4 Å². The van der Waals surface area contributed by atoms with E-state index in [9.17, 15) is 0 Å². The molecule has 6 N–H and O–H groups in total. The van der Waals surface area contributed by atoms with Crippen molar-refractivity contribution in [3.8, 4) is 0 Å². The Bertz CT molecular complexity index is 270. The maximum Gasteiger partial charge on any atom is 1.00 e. The summed E-state index contributed by atoms with van der Waals surface area (Å²) in [6, 6.07) is 0. The van der Waals surface area contributed by atoms with Crippen molar-refractivity contribution >= 4 is 46.0 Å². The molecule has 0 fully saturated rings. The molecule has 0 aliphatic heterocycles. The predicted octanol–water partition coefficient (Wildman–Crippen LogP) is -6.98. The molecule has 20 heavy (non-hydrogen) atoms. The molecular formula is C8H16N4Na2O3S3. The zero-order chi connectivity index (χ0) is 15.0. The van der Waals surface area contributed by atoms with Crippen LogP contribution in [0.3, 0.4) is 0 Å². The minimum atomic E-state index is -3.11. The van der Waals surface area contributed by atoms with Gasteiger partial charge in [0.25, 0.3) is 0 Å². The Labute approximate surface area is 177 Å². The molecule has 0 saturated heterocycles. The SMILES string of the molecule is C=CCNC(N)=S.C=CCNC(N)=S.O=S([O-])[O-].[Na+].[Na+]. The van der Waals surface area contributed by atoms with E-state index >= 15 is 0 Å². The van der Waals surface area contributed by atoms with Crippen molar-refractivity contribution in [3.05, 3.63) is 25.3 Å². The van der Waals surface area contributed by atoms with Crippen LogP contribution in [0.1, 0.15) is 0 Å². The molecule has 0 heterocycles. The summed E-state index contributed by atoms with van der Waals surface area (Å²) in [6.07, 6.45) is 3.39.